The fraction of sp³-hybridized carbons (Fsp3) is 0.231. The van der Waals surface area contributed by atoms with Crippen LogP contribution in [0.5, 0.6) is 0 Å². The Bertz CT molecular complexity index is 643. The Morgan fingerprint density at radius 3 is 2.79 bits per heavy atom. The summed E-state index contributed by atoms with van der Waals surface area (Å²) in [6.45, 7) is 4.02. The molecular weight excluding hydrogens is 311 g/mol. The van der Waals surface area contributed by atoms with Crippen molar-refractivity contribution < 1.29 is 4.39 Å². The maximum atomic E-state index is 14.0. The molecule has 1 N–H and O–H groups in total. The third-order valence-electron chi connectivity index (χ3n) is 2.61. The van der Waals surface area contributed by atoms with Crippen LogP contribution in [0.25, 0.3) is 0 Å². The predicted octanol–water partition coefficient (Wildman–Crippen LogP) is 3.98. The van der Waals surface area contributed by atoms with E-state index in [0.717, 1.165) is 0 Å². The lowest BCUT2D eigenvalue weighted by Gasteiger charge is -2.07. The Morgan fingerprint density at radius 2 is 2.21 bits per heavy atom. The van der Waals surface area contributed by atoms with Gasteiger partial charge >= 0.3 is 0 Å². The van der Waals surface area contributed by atoms with E-state index in [2.05, 4.69) is 26.3 Å². The Balaban J connectivity index is 2.28. The van der Waals surface area contributed by atoms with Crippen molar-refractivity contribution >= 4 is 27.3 Å². The summed E-state index contributed by atoms with van der Waals surface area (Å²) in [7, 11) is 0. The minimum atomic E-state index is -0.489. The molecule has 0 amide bonds. The molecule has 2 rings (SSSR count). The summed E-state index contributed by atoms with van der Waals surface area (Å²) < 4.78 is 16.0. The van der Waals surface area contributed by atoms with Crippen LogP contribution in [0.1, 0.15) is 25.5 Å². The van der Waals surface area contributed by atoms with Crippen LogP contribution >= 0.6 is 15.9 Å². The maximum Gasteiger partial charge on any atom is 0.162 e. The summed E-state index contributed by atoms with van der Waals surface area (Å²) in [4.78, 5) is 0. The number of nitrogens with one attached hydrogen (secondary N) is 1. The molecule has 2 aromatic rings. The van der Waals surface area contributed by atoms with Gasteiger partial charge < -0.3 is 5.32 Å². The lowest BCUT2D eigenvalue weighted by molar-refractivity contribution is 0.532. The SMILES string of the molecule is CC(C)n1cc(Nc2ccc(C#N)c(Br)c2F)cn1. The molecule has 98 valence electrons. The fourth-order valence-corrected chi connectivity index (χ4v) is 2.01. The van der Waals surface area contributed by atoms with Gasteiger partial charge in [-0.15, -0.1) is 0 Å². The largest absolute Gasteiger partial charge is 0.351 e. The predicted molar refractivity (Wildman–Crippen MR) is 74.7 cm³/mol. The number of hydrogen-bond donors (Lipinski definition) is 1. The van der Waals surface area contributed by atoms with E-state index in [9.17, 15) is 4.39 Å². The van der Waals surface area contributed by atoms with Crippen LogP contribution in [0.15, 0.2) is 29.0 Å². The average molecular weight is 323 g/mol. The molecule has 0 spiro atoms. The molecule has 0 aliphatic rings. The van der Waals surface area contributed by atoms with E-state index in [1.165, 1.54) is 6.07 Å². The first kappa shape index (κ1) is 13.6. The van der Waals surface area contributed by atoms with Crippen molar-refractivity contribution in [2.75, 3.05) is 5.32 Å². The quantitative estimate of drug-likeness (QED) is 0.929. The first-order chi connectivity index (χ1) is 9.02. The topological polar surface area (TPSA) is 53.6 Å². The minimum Gasteiger partial charge on any atom is -0.351 e. The molecule has 0 fully saturated rings. The lowest BCUT2D eigenvalue weighted by atomic mass is 10.2. The van der Waals surface area contributed by atoms with Gasteiger partial charge in [0.15, 0.2) is 5.82 Å². The second kappa shape index (κ2) is 5.41. The molecule has 19 heavy (non-hydrogen) atoms. The zero-order chi connectivity index (χ0) is 14.0. The van der Waals surface area contributed by atoms with Crippen molar-refractivity contribution in [3.63, 3.8) is 0 Å². The average Bonchev–Trinajstić information content (AvgIpc) is 2.84. The van der Waals surface area contributed by atoms with Gasteiger partial charge in [0, 0.05) is 12.2 Å². The van der Waals surface area contributed by atoms with Crippen LogP contribution in [0.4, 0.5) is 15.8 Å². The summed E-state index contributed by atoms with van der Waals surface area (Å²) in [6, 6.07) is 5.25. The van der Waals surface area contributed by atoms with Gasteiger partial charge in [-0.2, -0.15) is 10.4 Å². The van der Waals surface area contributed by atoms with E-state index in [1.54, 1.807) is 23.1 Å². The highest BCUT2D eigenvalue weighted by Gasteiger charge is 2.12. The Morgan fingerprint density at radius 1 is 1.47 bits per heavy atom. The highest BCUT2D eigenvalue weighted by Crippen LogP contribution is 2.28. The number of rotatable bonds is 3. The zero-order valence-corrected chi connectivity index (χ0v) is 12.1. The summed E-state index contributed by atoms with van der Waals surface area (Å²) >= 11 is 3.07. The minimum absolute atomic E-state index is 0.163. The molecule has 1 aromatic carbocycles. The molecule has 1 aromatic heterocycles. The van der Waals surface area contributed by atoms with Crippen molar-refractivity contribution in [2.45, 2.75) is 19.9 Å². The van der Waals surface area contributed by atoms with Crippen molar-refractivity contribution in [3.05, 3.63) is 40.4 Å². The van der Waals surface area contributed by atoms with Gasteiger partial charge in [0.25, 0.3) is 0 Å². The first-order valence-electron chi connectivity index (χ1n) is 5.72. The molecule has 6 heteroatoms. The van der Waals surface area contributed by atoms with Crippen molar-refractivity contribution in [1.82, 2.24) is 9.78 Å². The summed E-state index contributed by atoms with van der Waals surface area (Å²) in [6.07, 6.45) is 3.43. The van der Waals surface area contributed by atoms with E-state index in [4.69, 9.17) is 5.26 Å². The molecule has 0 atom stereocenters. The van der Waals surface area contributed by atoms with E-state index < -0.39 is 5.82 Å². The molecule has 0 saturated carbocycles. The number of aromatic nitrogens is 2. The monoisotopic (exact) mass is 322 g/mol. The second-order valence-electron chi connectivity index (χ2n) is 4.33. The van der Waals surface area contributed by atoms with Gasteiger partial charge in [0.1, 0.15) is 6.07 Å². The third kappa shape index (κ3) is 2.76. The van der Waals surface area contributed by atoms with Crippen LogP contribution < -0.4 is 5.32 Å². The molecular formula is C13H12BrFN4. The zero-order valence-electron chi connectivity index (χ0n) is 10.5. The van der Waals surface area contributed by atoms with E-state index >= 15 is 0 Å². The van der Waals surface area contributed by atoms with Gasteiger partial charge in [0.05, 0.1) is 27.6 Å². The molecule has 0 unspecified atom stereocenters. The third-order valence-corrected chi connectivity index (χ3v) is 3.39. The Hall–Kier alpha value is -1.87. The normalized spacial score (nSPS) is 10.5. The highest BCUT2D eigenvalue weighted by atomic mass is 79.9. The highest BCUT2D eigenvalue weighted by molar-refractivity contribution is 9.10. The van der Waals surface area contributed by atoms with Crippen LogP contribution in [0.2, 0.25) is 0 Å². The van der Waals surface area contributed by atoms with Gasteiger partial charge in [-0.25, -0.2) is 4.39 Å². The van der Waals surface area contributed by atoms with Crippen LogP contribution in [-0.2, 0) is 0 Å². The van der Waals surface area contributed by atoms with Gasteiger partial charge in [-0.05, 0) is 41.9 Å². The molecule has 0 bridgehead atoms. The Kier molecular flexibility index (Phi) is 3.86. The van der Waals surface area contributed by atoms with Crippen LogP contribution in [-0.4, -0.2) is 9.78 Å². The van der Waals surface area contributed by atoms with Crippen LogP contribution in [0, 0.1) is 17.1 Å². The molecule has 4 nitrogen and oxygen atoms in total. The second-order valence-corrected chi connectivity index (χ2v) is 5.12. The van der Waals surface area contributed by atoms with Crippen molar-refractivity contribution in [2.24, 2.45) is 0 Å². The molecule has 0 aliphatic heterocycles. The van der Waals surface area contributed by atoms with E-state index in [1.807, 2.05) is 19.9 Å². The number of nitriles is 1. The van der Waals surface area contributed by atoms with Crippen LogP contribution in [0.3, 0.4) is 0 Å². The summed E-state index contributed by atoms with van der Waals surface area (Å²) in [5.74, 6) is -0.489. The first-order valence-corrected chi connectivity index (χ1v) is 6.51. The smallest absolute Gasteiger partial charge is 0.162 e. The molecule has 0 saturated heterocycles. The summed E-state index contributed by atoms with van der Waals surface area (Å²) in [5.41, 5.74) is 1.26. The van der Waals surface area contributed by atoms with Gasteiger partial charge in [-0.3, -0.25) is 4.68 Å². The van der Waals surface area contributed by atoms with E-state index in [-0.39, 0.29) is 16.1 Å². The van der Waals surface area contributed by atoms with E-state index in [0.29, 0.717) is 11.4 Å². The molecule has 1 heterocycles. The molecule has 0 radical (unpaired) electrons. The standard InChI is InChI=1S/C13H12BrFN4/c1-8(2)19-7-10(6-17-19)18-11-4-3-9(5-16)12(14)13(11)15/h3-4,6-8,18H,1-2H3. The maximum absolute atomic E-state index is 14.0. The van der Waals surface area contributed by atoms with Gasteiger partial charge in [-0.1, -0.05) is 0 Å². The Labute approximate surface area is 119 Å². The van der Waals surface area contributed by atoms with Crippen molar-refractivity contribution in [1.29, 1.82) is 5.26 Å². The fourth-order valence-electron chi connectivity index (χ4n) is 1.57. The van der Waals surface area contributed by atoms with Gasteiger partial charge in [0.2, 0.25) is 0 Å². The number of anilines is 2. The number of nitrogens with zero attached hydrogens (tertiary/aromatic N) is 3. The summed E-state index contributed by atoms with van der Waals surface area (Å²) in [5, 5.41) is 15.9. The molecule has 0 aliphatic carbocycles. The number of hydrogen-bond acceptors (Lipinski definition) is 3. The lowest BCUT2D eigenvalue weighted by Crippen LogP contribution is -2.00. The number of benzene rings is 1. The van der Waals surface area contributed by atoms with Crippen molar-refractivity contribution in [3.8, 4) is 6.07 Å². The number of halogens is 2.